The van der Waals surface area contributed by atoms with Crippen molar-refractivity contribution in [2.24, 2.45) is 4.99 Å². The van der Waals surface area contributed by atoms with Crippen molar-refractivity contribution in [3.8, 4) is 0 Å². The molecule has 1 aromatic rings. The van der Waals surface area contributed by atoms with Crippen molar-refractivity contribution in [3.63, 3.8) is 0 Å². The van der Waals surface area contributed by atoms with Crippen molar-refractivity contribution < 1.29 is 9.59 Å². The summed E-state index contributed by atoms with van der Waals surface area (Å²) in [6.45, 7) is 0. The molecule has 1 heterocycles. The Balaban J connectivity index is 2.26. The zero-order valence-electron chi connectivity index (χ0n) is 8.14. The van der Waals surface area contributed by atoms with Gasteiger partial charge in [-0.2, -0.15) is 0 Å². The number of nitrogens with zero attached hydrogens (tertiary/aromatic N) is 1. The average Bonchev–Trinajstić information content (AvgIpc) is 2.59. The first kappa shape index (κ1) is 10.8. The molecule has 0 saturated heterocycles. The minimum atomic E-state index is -0.363. The van der Waals surface area contributed by atoms with Crippen LogP contribution >= 0.6 is 0 Å². The van der Waals surface area contributed by atoms with Gasteiger partial charge in [0, 0.05) is 0 Å². The molecule has 0 saturated carbocycles. The minimum absolute atomic E-state index is 0.127. The Bertz CT molecular complexity index is 506. The van der Waals surface area contributed by atoms with Gasteiger partial charge in [0.15, 0.2) is 0 Å². The molecule has 0 spiro atoms. The molecule has 5 heteroatoms. The monoisotopic (exact) mass is 279 g/mol. The summed E-state index contributed by atoms with van der Waals surface area (Å²) >= 11 is 2.58. The van der Waals surface area contributed by atoms with Gasteiger partial charge < -0.3 is 0 Å². The zero-order valence-corrected chi connectivity index (χ0v) is 9.85. The van der Waals surface area contributed by atoms with E-state index >= 15 is 0 Å². The van der Waals surface area contributed by atoms with Crippen LogP contribution in [0.1, 0.15) is 10.4 Å². The molecule has 79 valence electrons. The number of carbonyl (C=O) groups excluding carboxylic acids is 2. The second-order valence-electron chi connectivity index (χ2n) is 3.13. The molecule has 2 rings (SSSR count). The molecular weight excluding hydrogens is 271 g/mol. The van der Waals surface area contributed by atoms with Gasteiger partial charge in [0.1, 0.15) is 0 Å². The van der Waals surface area contributed by atoms with E-state index in [1.54, 1.807) is 24.3 Å². The van der Waals surface area contributed by atoms with Crippen molar-refractivity contribution >= 4 is 32.4 Å². The quantitative estimate of drug-likeness (QED) is 0.484. The van der Waals surface area contributed by atoms with Crippen molar-refractivity contribution in [1.82, 2.24) is 5.32 Å². The van der Waals surface area contributed by atoms with Gasteiger partial charge in [0.25, 0.3) is 0 Å². The number of amides is 1. The zero-order chi connectivity index (χ0) is 11.5. The van der Waals surface area contributed by atoms with Crippen molar-refractivity contribution in [2.45, 2.75) is 0 Å². The Morgan fingerprint density at radius 2 is 2.00 bits per heavy atom. The Hall–Kier alpha value is -1.71. The summed E-state index contributed by atoms with van der Waals surface area (Å²) in [7, 11) is 0. The molecule has 0 aromatic heterocycles. The summed E-state index contributed by atoms with van der Waals surface area (Å²) in [5.41, 5.74) is 0.661. The molecule has 0 unspecified atom stereocenters. The fourth-order valence-electron chi connectivity index (χ4n) is 1.26. The first-order chi connectivity index (χ1) is 7.66. The average molecular weight is 278 g/mol. The number of allylic oxidation sites excluding steroid dienone is 1. The molecule has 16 heavy (non-hydrogen) atoms. The maximum atomic E-state index is 11.7. The third-order valence-corrected chi connectivity index (χ3v) is 2.41. The van der Waals surface area contributed by atoms with Crippen molar-refractivity contribution in [2.75, 3.05) is 0 Å². The summed E-state index contributed by atoms with van der Waals surface area (Å²) in [4.78, 5) is 26.9. The molecule has 1 amide bonds. The third kappa shape index (κ3) is 2.27. The van der Waals surface area contributed by atoms with E-state index in [2.05, 4.69) is 26.3 Å². The van der Waals surface area contributed by atoms with E-state index in [0.29, 0.717) is 10.3 Å². The molecule has 1 aliphatic rings. The topological polar surface area (TPSA) is 58.5 Å². The van der Waals surface area contributed by atoms with Gasteiger partial charge in [-0.05, 0) is 0 Å². The summed E-state index contributed by atoms with van der Waals surface area (Å²) in [6.07, 6.45) is 1.23. The Kier molecular flexibility index (Phi) is 2.99. The van der Waals surface area contributed by atoms with Crippen LogP contribution in [-0.2, 0) is 4.79 Å². The van der Waals surface area contributed by atoms with Gasteiger partial charge in [-0.3, -0.25) is 0 Å². The number of hydrogen-bond donors (Lipinski definition) is 1. The molecular formula is C11H7N2O2Se. The Morgan fingerprint density at radius 1 is 1.31 bits per heavy atom. The summed E-state index contributed by atoms with van der Waals surface area (Å²) in [5, 5.41) is 2.46. The van der Waals surface area contributed by atoms with Crippen molar-refractivity contribution in [1.29, 1.82) is 0 Å². The number of rotatable bonds is 2. The number of ketones is 1. The summed E-state index contributed by atoms with van der Waals surface area (Å²) in [6, 6.07) is 8.73. The third-order valence-electron chi connectivity index (χ3n) is 2.00. The Labute approximate surface area is 100 Å². The van der Waals surface area contributed by atoms with Crippen molar-refractivity contribution in [3.05, 3.63) is 47.7 Å². The normalized spacial score (nSPS) is 17.1. The second-order valence-corrected chi connectivity index (χ2v) is 3.94. The van der Waals surface area contributed by atoms with Gasteiger partial charge in [-0.15, -0.1) is 0 Å². The van der Waals surface area contributed by atoms with Gasteiger partial charge in [0.2, 0.25) is 0 Å². The van der Waals surface area contributed by atoms with Gasteiger partial charge in [-0.1, -0.05) is 0 Å². The molecule has 0 atom stereocenters. The molecule has 0 fully saturated rings. The van der Waals surface area contributed by atoms with Gasteiger partial charge in [-0.25, -0.2) is 0 Å². The summed E-state index contributed by atoms with van der Waals surface area (Å²) in [5.74, 6) is -0.595. The van der Waals surface area contributed by atoms with Gasteiger partial charge in [0.05, 0.1) is 0 Å². The predicted octanol–water partition coefficient (Wildman–Crippen LogP) is 0.407. The van der Waals surface area contributed by atoms with Crippen LogP contribution in [0.2, 0.25) is 0 Å². The van der Waals surface area contributed by atoms with E-state index in [0.717, 1.165) is 0 Å². The van der Waals surface area contributed by atoms with Crippen LogP contribution in [-0.4, -0.2) is 32.4 Å². The first-order valence-corrected chi connectivity index (χ1v) is 5.40. The molecule has 1 radical (unpaired) electrons. The SMILES string of the molecule is O=C1NC([Se])=NC1=CC(=O)c1ccccc1. The van der Waals surface area contributed by atoms with Crippen LogP contribution in [0.5, 0.6) is 0 Å². The maximum absolute atomic E-state index is 11.7. The molecule has 0 bridgehead atoms. The van der Waals surface area contributed by atoms with E-state index < -0.39 is 0 Å². The summed E-state index contributed by atoms with van der Waals surface area (Å²) < 4.78 is 0.386. The van der Waals surface area contributed by atoms with Crippen LogP contribution < -0.4 is 5.32 Å². The molecule has 1 aromatic carbocycles. The number of amidine groups is 1. The molecule has 4 nitrogen and oxygen atoms in total. The van der Waals surface area contributed by atoms with Crippen LogP contribution in [0.25, 0.3) is 0 Å². The van der Waals surface area contributed by atoms with E-state index in [-0.39, 0.29) is 17.4 Å². The van der Waals surface area contributed by atoms with Crippen LogP contribution in [0.4, 0.5) is 0 Å². The molecule has 1 N–H and O–H groups in total. The van der Waals surface area contributed by atoms with Crippen LogP contribution in [0.3, 0.4) is 0 Å². The molecule has 1 aliphatic heterocycles. The van der Waals surface area contributed by atoms with E-state index in [9.17, 15) is 9.59 Å². The number of benzene rings is 1. The first-order valence-electron chi connectivity index (χ1n) is 4.55. The van der Waals surface area contributed by atoms with Gasteiger partial charge >= 0.3 is 100 Å². The second kappa shape index (κ2) is 4.43. The van der Waals surface area contributed by atoms with Crippen LogP contribution in [0.15, 0.2) is 47.1 Å². The fraction of sp³-hybridized carbons (Fsp3) is 0. The van der Waals surface area contributed by atoms with E-state index in [1.165, 1.54) is 6.08 Å². The number of carbonyl (C=O) groups is 2. The Morgan fingerprint density at radius 3 is 2.56 bits per heavy atom. The number of nitrogens with one attached hydrogen (secondary N) is 1. The van der Waals surface area contributed by atoms with E-state index in [4.69, 9.17) is 0 Å². The fourth-order valence-corrected chi connectivity index (χ4v) is 1.66. The molecule has 0 aliphatic carbocycles. The number of aliphatic imine (C=N–C) groups is 1. The standard InChI is InChI=1S/C11H7N2O2Se/c14-9(7-4-2-1-3-5-7)6-8-10(15)13-11(16)12-8/h1-6H,(H,12,13,15). The van der Waals surface area contributed by atoms with Crippen LogP contribution in [0, 0.1) is 0 Å². The number of hydrogen-bond acceptors (Lipinski definition) is 3. The van der Waals surface area contributed by atoms with E-state index in [1.807, 2.05) is 6.07 Å². The predicted molar refractivity (Wildman–Crippen MR) is 60.2 cm³/mol.